The van der Waals surface area contributed by atoms with Gasteiger partial charge in [-0.25, -0.2) is 0 Å². The first-order chi connectivity index (χ1) is 6.25. The average molecular weight is 262 g/mol. The molecule has 0 bridgehead atoms. The van der Waals surface area contributed by atoms with Crippen LogP contribution in [0.5, 0.6) is 0 Å². The van der Waals surface area contributed by atoms with Gasteiger partial charge >= 0.3 is 0 Å². The monoisotopic (exact) mass is 260 g/mol. The fourth-order valence-electron chi connectivity index (χ4n) is 1.22. The molecule has 1 saturated heterocycles. The minimum Gasteiger partial charge on any atom is -0.379 e. The smallest absolute Gasteiger partial charge is 0.0510 e. The summed E-state index contributed by atoms with van der Waals surface area (Å²) in [7, 11) is 0. The van der Waals surface area contributed by atoms with Crippen molar-refractivity contribution < 1.29 is 0 Å². The molecule has 4 heteroatoms. The van der Waals surface area contributed by atoms with Gasteiger partial charge in [0.1, 0.15) is 0 Å². The SMILES string of the molecule is Clc1ccc(Br)c(NC2CNC2)c1. The molecular weight excluding hydrogens is 251 g/mol. The second-order valence-electron chi connectivity index (χ2n) is 3.12. The highest BCUT2D eigenvalue weighted by Crippen LogP contribution is 2.26. The predicted octanol–water partition coefficient (Wildman–Crippen LogP) is 2.49. The summed E-state index contributed by atoms with van der Waals surface area (Å²) in [5.74, 6) is 0. The number of benzene rings is 1. The van der Waals surface area contributed by atoms with E-state index in [-0.39, 0.29) is 0 Å². The van der Waals surface area contributed by atoms with Crippen LogP contribution in [0.3, 0.4) is 0 Å². The zero-order chi connectivity index (χ0) is 9.26. The minimum atomic E-state index is 0.537. The standard InChI is InChI=1S/C9H10BrClN2/c10-8-2-1-6(11)3-9(8)13-7-4-12-5-7/h1-3,7,12-13H,4-5H2. The second-order valence-corrected chi connectivity index (χ2v) is 4.41. The maximum absolute atomic E-state index is 5.89. The van der Waals surface area contributed by atoms with Crippen molar-refractivity contribution in [3.8, 4) is 0 Å². The van der Waals surface area contributed by atoms with E-state index in [0.29, 0.717) is 6.04 Å². The fraction of sp³-hybridized carbons (Fsp3) is 0.333. The number of halogens is 2. The lowest BCUT2D eigenvalue weighted by molar-refractivity contribution is 0.472. The Morgan fingerprint density at radius 1 is 1.46 bits per heavy atom. The van der Waals surface area contributed by atoms with Crippen LogP contribution >= 0.6 is 27.5 Å². The van der Waals surface area contributed by atoms with Gasteiger partial charge in [0, 0.05) is 22.6 Å². The van der Waals surface area contributed by atoms with E-state index < -0.39 is 0 Å². The van der Waals surface area contributed by atoms with Crippen molar-refractivity contribution in [1.82, 2.24) is 5.32 Å². The van der Waals surface area contributed by atoms with E-state index in [1.165, 1.54) is 0 Å². The quantitative estimate of drug-likeness (QED) is 0.855. The van der Waals surface area contributed by atoms with E-state index in [0.717, 1.165) is 28.3 Å². The van der Waals surface area contributed by atoms with Crippen LogP contribution in [0.15, 0.2) is 22.7 Å². The average Bonchev–Trinajstić information content (AvgIpc) is 2.03. The zero-order valence-corrected chi connectivity index (χ0v) is 9.32. The molecular formula is C9H10BrClN2. The van der Waals surface area contributed by atoms with E-state index in [1.54, 1.807) is 0 Å². The Kier molecular flexibility index (Phi) is 2.77. The molecule has 2 rings (SSSR count). The van der Waals surface area contributed by atoms with Gasteiger partial charge in [-0.2, -0.15) is 0 Å². The van der Waals surface area contributed by atoms with Crippen molar-refractivity contribution in [2.24, 2.45) is 0 Å². The Bertz CT molecular complexity index is 312. The van der Waals surface area contributed by atoms with Gasteiger partial charge in [-0.1, -0.05) is 11.6 Å². The molecule has 1 aliphatic heterocycles. The Morgan fingerprint density at radius 3 is 2.85 bits per heavy atom. The number of nitrogens with one attached hydrogen (secondary N) is 2. The molecule has 2 nitrogen and oxygen atoms in total. The van der Waals surface area contributed by atoms with E-state index >= 15 is 0 Å². The van der Waals surface area contributed by atoms with Gasteiger partial charge in [-0.15, -0.1) is 0 Å². The zero-order valence-electron chi connectivity index (χ0n) is 6.98. The first-order valence-corrected chi connectivity index (χ1v) is 5.35. The molecule has 1 fully saturated rings. The van der Waals surface area contributed by atoms with E-state index in [9.17, 15) is 0 Å². The molecule has 0 unspecified atom stereocenters. The van der Waals surface area contributed by atoms with E-state index in [1.807, 2.05) is 18.2 Å². The van der Waals surface area contributed by atoms with E-state index in [2.05, 4.69) is 26.6 Å². The van der Waals surface area contributed by atoms with Crippen LogP contribution in [0, 0.1) is 0 Å². The van der Waals surface area contributed by atoms with Crippen molar-refractivity contribution in [1.29, 1.82) is 0 Å². The van der Waals surface area contributed by atoms with Gasteiger partial charge in [0.2, 0.25) is 0 Å². The van der Waals surface area contributed by atoms with Crippen LogP contribution < -0.4 is 10.6 Å². The number of anilines is 1. The van der Waals surface area contributed by atoms with Crippen molar-refractivity contribution >= 4 is 33.2 Å². The van der Waals surface area contributed by atoms with Crippen LogP contribution in [0.4, 0.5) is 5.69 Å². The summed E-state index contributed by atoms with van der Waals surface area (Å²) in [4.78, 5) is 0. The predicted molar refractivity (Wildman–Crippen MR) is 59.4 cm³/mol. The molecule has 1 aromatic carbocycles. The lowest BCUT2D eigenvalue weighted by Crippen LogP contribution is -2.51. The molecule has 0 saturated carbocycles. The molecule has 13 heavy (non-hydrogen) atoms. The summed E-state index contributed by atoms with van der Waals surface area (Å²) < 4.78 is 1.06. The summed E-state index contributed by atoms with van der Waals surface area (Å²) in [6, 6.07) is 6.30. The highest BCUT2D eigenvalue weighted by molar-refractivity contribution is 9.10. The van der Waals surface area contributed by atoms with Crippen molar-refractivity contribution in [3.63, 3.8) is 0 Å². The summed E-state index contributed by atoms with van der Waals surface area (Å²) in [5.41, 5.74) is 1.07. The number of hydrogen-bond acceptors (Lipinski definition) is 2. The largest absolute Gasteiger partial charge is 0.379 e. The highest BCUT2D eigenvalue weighted by Gasteiger charge is 2.16. The Hall–Kier alpha value is -0.250. The lowest BCUT2D eigenvalue weighted by Gasteiger charge is -2.29. The van der Waals surface area contributed by atoms with Crippen LogP contribution in [0.1, 0.15) is 0 Å². The van der Waals surface area contributed by atoms with Crippen molar-refractivity contribution in [3.05, 3.63) is 27.7 Å². The Morgan fingerprint density at radius 2 is 2.23 bits per heavy atom. The Labute approximate surface area is 90.8 Å². The molecule has 0 atom stereocenters. The second kappa shape index (κ2) is 3.86. The molecule has 0 radical (unpaired) electrons. The minimum absolute atomic E-state index is 0.537. The molecule has 1 aliphatic rings. The lowest BCUT2D eigenvalue weighted by atomic mass is 10.1. The number of hydrogen-bond donors (Lipinski definition) is 2. The maximum Gasteiger partial charge on any atom is 0.0510 e. The Balaban J connectivity index is 2.13. The first-order valence-electron chi connectivity index (χ1n) is 4.18. The van der Waals surface area contributed by atoms with Gasteiger partial charge in [0.15, 0.2) is 0 Å². The van der Waals surface area contributed by atoms with Crippen LogP contribution in [0.25, 0.3) is 0 Å². The van der Waals surface area contributed by atoms with Crippen LogP contribution in [-0.2, 0) is 0 Å². The third-order valence-corrected chi connectivity index (χ3v) is 3.00. The molecule has 2 N–H and O–H groups in total. The molecule has 1 aromatic rings. The van der Waals surface area contributed by atoms with Gasteiger partial charge in [-0.05, 0) is 34.1 Å². The topological polar surface area (TPSA) is 24.1 Å². The van der Waals surface area contributed by atoms with Gasteiger partial charge in [0.25, 0.3) is 0 Å². The van der Waals surface area contributed by atoms with Crippen LogP contribution in [-0.4, -0.2) is 19.1 Å². The molecule has 1 heterocycles. The fourth-order valence-corrected chi connectivity index (χ4v) is 1.75. The van der Waals surface area contributed by atoms with Crippen molar-refractivity contribution in [2.75, 3.05) is 18.4 Å². The van der Waals surface area contributed by atoms with Gasteiger partial charge in [-0.3, -0.25) is 0 Å². The summed E-state index contributed by atoms with van der Waals surface area (Å²) in [5, 5.41) is 7.36. The maximum atomic E-state index is 5.89. The van der Waals surface area contributed by atoms with Gasteiger partial charge in [0.05, 0.1) is 11.7 Å². The van der Waals surface area contributed by atoms with E-state index in [4.69, 9.17) is 11.6 Å². The highest BCUT2D eigenvalue weighted by atomic mass is 79.9. The summed E-state index contributed by atoms with van der Waals surface area (Å²) in [6.45, 7) is 2.05. The molecule has 0 aromatic heterocycles. The summed E-state index contributed by atoms with van der Waals surface area (Å²) >= 11 is 9.36. The number of rotatable bonds is 2. The third kappa shape index (κ3) is 2.16. The molecule has 0 aliphatic carbocycles. The normalized spacial score (nSPS) is 16.8. The summed E-state index contributed by atoms with van der Waals surface area (Å²) in [6.07, 6.45) is 0. The van der Waals surface area contributed by atoms with Gasteiger partial charge < -0.3 is 10.6 Å². The first kappa shape index (κ1) is 9.31. The molecule has 0 spiro atoms. The third-order valence-electron chi connectivity index (χ3n) is 2.07. The van der Waals surface area contributed by atoms with Crippen LogP contribution in [0.2, 0.25) is 5.02 Å². The molecule has 70 valence electrons. The molecule has 0 amide bonds. The van der Waals surface area contributed by atoms with Crippen molar-refractivity contribution in [2.45, 2.75) is 6.04 Å².